The molecule has 0 atom stereocenters. The van der Waals surface area contributed by atoms with Crippen molar-refractivity contribution < 1.29 is 8.42 Å². The fourth-order valence-electron chi connectivity index (χ4n) is 2.11. The van der Waals surface area contributed by atoms with Crippen LogP contribution in [0.1, 0.15) is 17.0 Å². The Labute approximate surface area is 192 Å². The molecule has 0 aliphatic rings. The lowest BCUT2D eigenvalue weighted by molar-refractivity contribution is 0.601. The highest BCUT2D eigenvalue weighted by molar-refractivity contribution is 14.1. The summed E-state index contributed by atoms with van der Waals surface area (Å²) in [7, 11) is -3.55. The molecule has 2 aromatic heterocycles. The van der Waals surface area contributed by atoms with Crippen LogP contribution < -0.4 is 10.5 Å². The van der Waals surface area contributed by atoms with Crippen LogP contribution in [-0.4, -0.2) is 18.4 Å². The highest BCUT2D eigenvalue weighted by atomic mass is 127. The first-order valence-corrected chi connectivity index (χ1v) is 11.8. The average Bonchev–Trinajstić information content (AvgIpc) is 2.62. The molecule has 6 nitrogen and oxygen atoms in total. The highest BCUT2D eigenvalue weighted by Gasteiger charge is 2.15. The van der Waals surface area contributed by atoms with Gasteiger partial charge in [-0.25, -0.2) is 8.42 Å². The number of nitrogens with one attached hydrogen (secondary N) is 1. The van der Waals surface area contributed by atoms with Crippen molar-refractivity contribution in [2.75, 3.05) is 10.5 Å². The van der Waals surface area contributed by atoms with Gasteiger partial charge in [0.1, 0.15) is 0 Å². The van der Waals surface area contributed by atoms with Gasteiger partial charge in [0.2, 0.25) is 0 Å². The number of hydrogen-bond donors (Lipinski definition) is 2. The van der Waals surface area contributed by atoms with Gasteiger partial charge in [0.05, 0.1) is 17.7 Å². The number of nitrogens with zero attached hydrogens (tertiary/aromatic N) is 2. The third kappa shape index (κ3) is 6.55. The Morgan fingerprint density at radius 2 is 1.43 bits per heavy atom. The molecular formula is C19H20I2N4O2S. The average molecular weight is 622 g/mol. The molecule has 2 heterocycles. The molecule has 3 rings (SSSR count). The minimum absolute atomic E-state index is 0.253. The molecule has 3 aromatic rings. The number of aromatic nitrogens is 2. The molecule has 0 aliphatic carbocycles. The van der Waals surface area contributed by atoms with Gasteiger partial charge >= 0.3 is 0 Å². The van der Waals surface area contributed by atoms with Gasteiger partial charge in [0, 0.05) is 29.5 Å². The summed E-state index contributed by atoms with van der Waals surface area (Å²) in [5, 5.41) is 0. The van der Waals surface area contributed by atoms with Crippen LogP contribution >= 0.6 is 45.2 Å². The maximum absolute atomic E-state index is 12.2. The molecule has 0 aliphatic heterocycles. The van der Waals surface area contributed by atoms with Gasteiger partial charge in [-0.05, 0) is 90.2 Å². The molecule has 0 saturated carbocycles. The van der Waals surface area contributed by atoms with Crippen molar-refractivity contribution in [2.45, 2.75) is 25.7 Å². The third-order valence-electron chi connectivity index (χ3n) is 3.59. The lowest BCUT2D eigenvalue weighted by Crippen LogP contribution is -2.14. The number of halogens is 2. The number of sulfonamides is 1. The fourth-order valence-corrected chi connectivity index (χ4v) is 4.09. The lowest BCUT2D eigenvalue weighted by Gasteiger charge is -2.10. The predicted molar refractivity (Wildman–Crippen MR) is 130 cm³/mol. The first-order valence-electron chi connectivity index (χ1n) is 8.18. The van der Waals surface area contributed by atoms with E-state index in [-0.39, 0.29) is 4.90 Å². The molecule has 0 spiro atoms. The number of pyridine rings is 2. The highest BCUT2D eigenvalue weighted by Crippen LogP contribution is 2.22. The molecule has 1 aromatic carbocycles. The van der Waals surface area contributed by atoms with E-state index in [4.69, 9.17) is 5.73 Å². The van der Waals surface area contributed by atoms with Crippen LogP contribution in [0.5, 0.6) is 0 Å². The topological polar surface area (TPSA) is 98.0 Å². The zero-order valence-electron chi connectivity index (χ0n) is 15.6. The number of nitrogens with two attached hydrogens (primary N) is 1. The predicted octanol–water partition coefficient (Wildman–Crippen LogP) is 4.68. The number of nitrogen functional groups attached to an aromatic ring is 1. The van der Waals surface area contributed by atoms with E-state index in [1.807, 2.05) is 26.8 Å². The molecule has 0 radical (unpaired) electrons. The van der Waals surface area contributed by atoms with Crippen molar-refractivity contribution in [3.05, 3.63) is 72.9 Å². The number of benzene rings is 1. The summed E-state index contributed by atoms with van der Waals surface area (Å²) in [6, 6.07) is 10.3. The second kappa shape index (κ2) is 9.83. The zero-order valence-corrected chi connectivity index (χ0v) is 20.7. The SMILES string of the molecule is Cc1cc(N)c(I)cn1.Cc1ccc(S(=O)(=O)Nc2cc(C)ncc2I)cc1. The van der Waals surface area contributed by atoms with Gasteiger partial charge in [-0.15, -0.1) is 0 Å². The second-order valence-corrected chi connectivity index (χ2v) is 10.1. The van der Waals surface area contributed by atoms with Crippen molar-refractivity contribution in [2.24, 2.45) is 0 Å². The van der Waals surface area contributed by atoms with E-state index in [0.29, 0.717) is 5.69 Å². The summed E-state index contributed by atoms with van der Waals surface area (Å²) in [6.45, 7) is 5.66. The molecule has 3 N–H and O–H groups in total. The monoisotopic (exact) mass is 622 g/mol. The quantitative estimate of drug-likeness (QED) is 0.414. The Kier molecular flexibility index (Phi) is 8.01. The summed E-state index contributed by atoms with van der Waals surface area (Å²) in [6.07, 6.45) is 3.41. The largest absolute Gasteiger partial charge is 0.398 e. The standard InChI is InChI=1S/C13H13IN2O2S.C6H7IN2/c1-9-3-5-11(6-4-9)19(17,18)16-13-7-10(2)15-8-12(13)14;1-4-2-6(8)5(7)3-9-4/h3-8H,1-2H3,(H,15,16);2-3H,1H3,(H2,8,9). The van der Waals surface area contributed by atoms with Crippen LogP contribution in [-0.2, 0) is 10.0 Å². The molecular weight excluding hydrogens is 602 g/mol. The molecule has 148 valence electrons. The lowest BCUT2D eigenvalue weighted by atomic mass is 10.2. The number of rotatable bonds is 3. The van der Waals surface area contributed by atoms with Crippen LogP contribution in [0.2, 0.25) is 0 Å². The van der Waals surface area contributed by atoms with Gasteiger partial charge in [0.15, 0.2) is 0 Å². The second-order valence-electron chi connectivity index (χ2n) is 6.07. The summed E-state index contributed by atoms with van der Waals surface area (Å²) in [5.41, 5.74) is 9.68. The number of hydrogen-bond acceptors (Lipinski definition) is 5. The van der Waals surface area contributed by atoms with Crippen LogP contribution in [0.15, 0.2) is 53.7 Å². The third-order valence-corrected chi connectivity index (χ3v) is 6.73. The van der Waals surface area contributed by atoms with E-state index >= 15 is 0 Å². The molecule has 0 amide bonds. The molecule has 28 heavy (non-hydrogen) atoms. The van der Waals surface area contributed by atoms with Crippen LogP contribution in [0, 0.1) is 27.9 Å². The number of aryl methyl sites for hydroxylation is 3. The summed E-state index contributed by atoms with van der Waals surface area (Å²) in [4.78, 5) is 8.42. The molecule has 9 heteroatoms. The summed E-state index contributed by atoms with van der Waals surface area (Å²) in [5.74, 6) is 0. The smallest absolute Gasteiger partial charge is 0.261 e. The van der Waals surface area contributed by atoms with E-state index in [1.165, 1.54) is 0 Å². The minimum atomic E-state index is -3.55. The van der Waals surface area contributed by atoms with Gasteiger partial charge in [0.25, 0.3) is 10.0 Å². The molecule has 0 bridgehead atoms. The van der Waals surface area contributed by atoms with Gasteiger partial charge in [-0.2, -0.15) is 0 Å². The van der Waals surface area contributed by atoms with Crippen molar-refractivity contribution in [3.8, 4) is 0 Å². The molecule has 0 saturated heterocycles. The van der Waals surface area contributed by atoms with Crippen LogP contribution in [0.3, 0.4) is 0 Å². The first kappa shape index (κ1) is 22.8. The van der Waals surface area contributed by atoms with E-state index in [2.05, 4.69) is 59.9 Å². The maximum Gasteiger partial charge on any atom is 0.261 e. The Hall–Kier alpha value is -1.47. The van der Waals surface area contributed by atoms with Crippen molar-refractivity contribution in [3.63, 3.8) is 0 Å². The zero-order chi connectivity index (χ0) is 20.9. The van der Waals surface area contributed by atoms with Crippen molar-refractivity contribution >= 4 is 66.6 Å². The Bertz CT molecular complexity index is 1070. The van der Waals surface area contributed by atoms with Gasteiger partial charge in [-0.3, -0.25) is 14.7 Å². The van der Waals surface area contributed by atoms with E-state index in [0.717, 1.165) is 29.8 Å². The Balaban J connectivity index is 0.000000261. The van der Waals surface area contributed by atoms with Crippen LogP contribution in [0.25, 0.3) is 0 Å². The fraction of sp³-hybridized carbons (Fsp3) is 0.158. The Morgan fingerprint density at radius 3 is 1.96 bits per heavy atom. The van der Waals surface area contributed by atoms with Crippen LogP contribution in [0.4, 0.5) is 11.4 Å². The first-order chi connectivity index (χ1) is 13.1. The van der Waals surface area contributed by atoms with E-state index in [9.17, 15) is 8.42 Å². The maximum atomic E-state index is 12.2. The normalized spacial score (nSPS) is 10.8. The number of anilines is 2. The van der Waals surface area contributed by atoms with Gasteiger partial charge < -0.3 is 5.73 Å². The summed E-state index contributed by atoms with van der Waals surface area (Å²) >= 11 is 4.21. The Morgan fingerprint density at radius 1 is 0.893 bits per heavy atom. The summed E-state index contributed by atoms with van der Waals surface area (Å²) < 4.78 is 28.8. The minimum Gasteiger partial charge on any atom is -0.398 e. The van der Waals surface area contributed by atoms with E-state index < -0.39 is 10.0 Å². The molecule has 0 fully saturated rings. The van der Waals surface area contributed by atoms with Crippen molar-refractivity contribution in [1.82, 2.24) is 9.97 Å². The van der Waals surface area contributed by atoms with Crippen molar-refractivity contribution in [1.29, 1.82) is 0 Å². The van der Waals surface area contributed by atoms with Gasteiger partial charge in [-0.1, -0.05) is 17.7 Å². The molecule has 0 unspecified atom stereocenters. The van der Waals surface area contributed by atoms with E-state index in [1.54, 1.807) is 42.7 Å².